The van der Waals surface area contributed by atoms with Crippen LogP contribution in [0.25, 0.3) is 0 Å². The summed E-state index contributed by atoms with van der Waals surface area (Å²) in [7, 11) is 3.33. The van der Waals surface area contributed by atoms with E-state index in [1.807, 2.05) is 0 Å². The van der Waals surface area contributed by atoms with Gasteiger partial charge < -0.3 is 19.1 Å². The van der Waals surface area contributed by atoms with Crippen molar-refractivity contribution in [2.75, 3.05) is 38.8 Å². The van der Waals surface area contributed by atoms with Crippen LogP contribution in [0, 0.1) is 11.8 Å². The molecule has 7 rings (SSSR count). The first-order valence-corrected chi connectivity index (χ1v) is 11.9. The molecule has 31 heavy (non-hydrogen) atoms. The Morgan fingerprint density at radius 3 is 2.97 bits per heavy atom. The molecule has 1 spiro atoms. The van der Waals surface area contributed by atoms with Crippen LogP contribution in [0.5, 0.6) is 11.5 Å². The maximum atomic E-state index is 13.7. The fourth-order valence-corrected chi connectivity index (χ4v) is 8.47. The van der Waals surface area contributed by atoms with E-state index in [0.717, 1.165) is 37.2 Å². The Morgan fingerprint density at radius 2 is 2.19 bits per heavy atom. The van der Waals surface area contributed by atoms with Crippen LogP contribution in [0.1, 0.15) is 30.4 Å². The normalized spacial score (nSPS) is 39.2. The van der Waals surface area contributed by atoms with Crippen molar-refractivity contribution < 1.29 is 19.0 Å². The number of hydrogen-bond acceptors (Lipinski definition) is 5. The minimum Gasteiger partial charge on any atom is -0.493 e. The molecule has 6 nitrogen and oxygen atoms in total. The van der Waals surface area contributed by atoms with Gasteiger partial charge in [0.2, 0.25) is 5.91 Å². The Kier molecular flexibility index (Phi) is 3.74. The number of hydrogen-bond donors (Lipinski definition) is 0. The smallest absolute Gasteiger partial charge is 0.229 e. The van der Waals surface area contributed by atoms with E-state index >= 15 is 0 Å². The summed E-state index contributed by atoms with van der Waals surface area (Å²) in [4.78, 5) is 18.5. The van der Waals surface area contributed by atoms with Crippen LogP contribution in [-0.2, 0) is 20.8 Å². The summed E-state index contributed by atoms with van der Waals surface area (Å²) in [6.07, 6.45) is 4.95. The zero-order chi connectivity index (χ0) is 21.1. The van der Waals surface area contributed by atoms with Crippen LogP contribution >= 0.6 is 11.6 Å². The number of halogens is 1. The van der Waals surface area contributed by atoms with Crippen LogP contribution in [0.4, 0.5) is 5.69 Å². The van der Waals surface area contributed by atoms with Gasteiger partial charge in [0.1, 0.15) is 0 Å². The van der Waals surface area contributed by atoms with E-state index in [1.54, 1.807) is 14.2 Å². The number of piperidine rings is 2. The minimum atomic E-state index is -0.0928. The van der Waals surface area contributed by atoms with Crippen molar-refractivity contribution >= 4 is 23.2 Å². The molecular formula is C24H27ClN2O4. The average molecular weight is 443 g/mol. The SMILES string of the molecule is COc1cc2c(c(CCl)c1OC)N1C(=O)C[C@@H]3OCC=C4CN5CC[C@]26[C@@H]5C[C@@H]4[C@@H]3[C@H]16. The molecule has 4 fully saturated rings. The van der Waals surface area contributed by atoms with Crippen molar-refractivity contribution in [3.8, 4) is 11.5 Å². The molecule has 7 heteroatoms. The van der Waals surface area contributed by atoms with E-state index < -0.39 is 0 Å². The lowest BCUT2D eigenvalue weighted by atomic mass is 9.53. The first-order chi connectivity index (χ1) is 15.1. The molecule has 164 valence electrons. The number of rotatable bonds is 3. The van der Waals surface area contributed by atoms with Gasteiger partial charge in [-0.25, -0.2) is 0 Å². The van der Waals surface area contributed by atoms with Gasteiger partial charge in [0.15, 0.2) is 11.5 Å². The predicted octanol–water partition coefficient (Wildman–Crippen LogP) is 2.85. The van der Waals surface area contributed by atoms with Gasteiger partial charge in [-0.2, -0.15) is 0 Å². The molecule has 5 aliphatic heterocycles. The van der Waals surface area contributed by atoms with E-state index in [0.29, 0.717) is 42.4 Å². The molecule has 1 saturated carbocycles. The second-order valence-electron chi connectivity index (χ2n) is 9.88. The predicted molar refractivity (Wildman–Crippen MR) is 116 cm³/mol. The van der Waals surface area contributed by atoms with Gasteiger partial charge in [-0.3, -0.25) is 9.69 Å². The van der Waals surface area contributed by atoms with Crippen LogP contribution in [0.2, 0.25) is 0 Å². The summed E-state index contributed by atoms with van der Waals surface area (Å²) in [6.45, 7) is 2.73. The van der Waals surface area contributed by atoms with Crippen molar-refractivity contribution in [2.45, 2.75) is 48.7 Å². The third kappa shape index (κ3) is 2.01. The lowest BCUT2D eigenvalue weighted by Gasteiger charge is -2.58. The molecule has 1 aliphatic carbocycles. The van der Waals surface area contributed by atoms with Crippen molar-refractivity contribution in [1.29, 1.82) is 0 Å². The summed E-state index contributed by atoms with van der Waals surface area (Å²) in [5.41, 5.74) is 4.54. The molecule has 1 amide bonds. The second kappa shape index (κ2) is 6.18. The van der Waals surface area contributed by atoms with E-state index in [-0.39, 0.29) is 29.3 Å². The topological polar surface area (TPSA) is 51.2 Å². The number of anilines is 1. The first-order valence-electron chi connectivity index (χ1n) is 11.3. The highest BCUT2D eigenvalue weighted by atomic mass is 35.5. The van der Waals surface area contributed by atoms with E-state index in [2.05, 4.69) is 21.9 Å². The van der Waals surface area contributed by atoms with Gasteiger partial charge in [-0.15, -0.1) is 11.6 Å². The Labute approximate surface area is 187 Å². The average Bonchev–Trinajstić information content (AvgIpc) is 3.25. The lowest BCUT2D eigenvalue weighted by molar-refractivity contribution is -0.132. The fourth-order valence-electron chi connectivity index (χ4n) is 8.22. The van der Waals surface area contributed by atoms with Crippen molar-refractivity contribution in [3.05, 3.63) is 28.8 Å². The Hall–Kier alpha value is -1.76. The van der Waals surface area contributed by atoms with Gasteiger partial charge in [0, 0.05) is 29.5 Å². The highest BCUT2D eigenvalue weighted by molar-refractivity contribution is 6.18. The fraction of sp³-hybridized carbons (Fsp3) is 0.625. The number of carbonyl (C=O) groups is 1. The first kappa shape index (κ1) is 18.8. The van der Waals surface area contributed by atoms with Gasteiger partial charge in [0.05, 0.1) is 51.0 Å². The summed E-state index contributed by atoms with van der Waals surface area (Å²) in [6, 6.07) is 2.70. The standard InChI is InChI=1S/C24H27ClN2O4/c1-29-17-8-15-21(14(10-25)22(17)30-2)27-19(28)9-16-20-13-7-18-24(15,23(20)27)4-5-26(18)11-12(13)3-6-31-16/h3,8,13,16,18,20,23H,4-7,9-11H2,1-2H3/t13-,16-,18-,20-,23-,24+/m0/s1. The second-order valence-corrected chi connectivity index (χ2v) is 10.1. The number of fused-ring (bicyclic) bond motifs is 2. The highest BCUT2D eigenvalue weighted by Crippen LogP contribution is 2.67. The molecule has 0 unspecified atom stereocenters. The molecular weight excluding hydrogens is 416 g/mol. The molecule has 6 aliphatic rings. The molecule has 1 aromatic carbocycles. The number of alkyl halides is 1. The quantitative estimate of drug-likeness (QED) is 0.532. The van der Waals surface area contributed by atoms with Gasteiger partial charge in [-0.05, 0) is 36.9 Å². The zero-order valence-corrected chi connectivity index (χ0v) is 18.7. The van der Waals surface area contributed by atoms with Crippen LogP contribution in [0.3, 0.4) is 0 Å². The van der Waals surface area contributed by atoms with Crippen molar-refractivity contribution in [3.63, 3.8) is 0 Å². The Bertz CT molecular complexity index is 1040. The van der Waals surface area contributed by atoms with E-state index in [9.17, 15) is 4.79 Å². The number of carbonyl (C=O) groups excluding carboxylic acids is 1. The van der Waals surface area contributed by atoms with Crippen LogP contribution in [-0.4, -0.2) is 62.9 Å². The maximum absolute atomic E-state index is 13.7. The molecule has 0 radical (unpaired) electrons. The number of amides is 1. The molecule has 5 heterocycles. The molecule has 1 aromatic rings. The molecule has 3 saturated heterocycles. The summed E-state index contributed by atoms with van der Waals surface area (Å²) >= 11 is 6.53. The number of ether oxygens (including phenoxy) is 3. The number of nitrogens with zero attached hydrogens (tertiary/aromatic N) is 2. The van der Waals surface area contributed by atoms with Gasteiger partial charge >= 0.3 is 0 Å². The minimum absolute atomic E-state index is 0.00460. The third-order valence-corrected chi connectivity index (χ3v) is 9.43. The largest absolute Gasteiger partial charge is 0.493 e. The Morgan fingerprint density at radius 1 is 1.32 bits per heavy atom. The van der Waals surface area contributed by atoms with Crippen molar-refractivity contribution in [2.24, 2.45) is 11.8 Å². The van der Waals surface area contributed by atoms with E-state index in [1.165, 1.54) is 11.1 Å². The molecule has 6 atom stereocenters. The van der Waals surface area contributed by atoms with Crippen LogP contribution in [0.15, 0.2) is 17.7 Å². The summed E-state index contributed by atoms with van der Waals surface area (Å²) in [5.74, 6) is 2.63. The van der Waals surface area contributed by atoms with Crippen LogP contribution < -0.4 is 14.4 Å². The summed E-state index contributed by atoms with van der Waals surface area (Å²) < 4.78 is 17.8. The van der Waals surface area contributed by atoms with E-state index in [4.69, 9.17) is 25.8 Å². The summed E-state index contributed by atoms with van der Waals surface area (Å²) in [5, 5.41) is 0. The third-order valence-electron chi connectivity index (χ3n) is 9.17. The molecule has 0 N–H and O–H groups in total. The maximum Gasteiger partial charge on any atom is 0.229 e. The van der Waals surface area contributed by atoms with Crippen molar-refractivity contribution in [1.82, 2.24) is 4.90 Å². The molecule has 0 aromatic heterocycles. The lowest BCUT2D eigenvalue weighted by Crippen LogP contribution is -2.69. The monoisotopic (exact) mass is 442 g/mol. The Balaban J connectivity index is 1.55. The highest BCUT2D eigenvalue weighted by Gasteiger charge is 2.71. The van der Waals surface area contributed by atoms with Gasteiger partial charge in [-0.1, -0.05) is 11.6 Å². The zero-order valence-electron chi connectivity index (χ0n) is 17.9. The van der Waals surface area contributed by atoms with Gasteiger partial charge in [0.25, 0.3) is 0 Å². The number of benzene rings is 1. The number of methoxy groups -OCH3 is 2. The molecule has 2 bridgehead atoms.